The molecule has 1 atom stereocenters. The number of carbonyl (C=O) groups is 1. The normalized spacial score (nSPS) is 23.9. The standard InChI is InChI=1S/C8H11F3O2S/c9-8(10,11)14-4-2-6-5-13-3-1-7(6)12/h6H,1-5H2. The van der Waals surface area contributed by atoms with Gasteiger partial charge in [0.1, 0.15) is 5.78 Å². The van der Waals surface area contributed by atoms with Crippen LogP contribution >= 0.6 is 11.8 Å². The zero-order valence-corrected chi connectivity index (χ0v) is 8.29. The molecule has 14 heavy (non-hydrogen) atoms. The van der Waals surface area contributed by atoms with Gasteiger partial charge in [-0.3, -0.25) is 4.79 Å². The third-order valence-electron chi connectivity index (χ3n) is 2.00. The van der Waals surface area contributed by atoms with Crippen molar-refractivity contribution in [2.75, 3.05) is 19.0 Å². The van der Waals surface area contributed by atoms with E-state index in [0.717, 1.165) is 0 Å². The fraction of sp³-hybridized carbons (Fsp3) is 0.875. The predicted molar refractivity (Wildman–Crippen MR) is 47.1 cm³/mol. The number of hydrogen-bond donors (Lipinski definition) is 0. The first-order valence-corrected chi connectivity index (χ1v) is 5.29. The van der Waals surface area contributed by atoms with E-state index < -0.39 is 5.51 Å². The Kier molecular flexibility index (Phi) is 4.25. The molecule has 0 aromatic rings. The van der Waals surface area contributed by atoms with E-state index in [1.165, 1.54) is 0 Å². The quantitative estimate of drug-likeness (QED) is 0.741. The highest BCUT2D eigenvalue weighted by Crippen LogP contribution is 2.31. The van der Waals surface area contributed by atoms with Crippen molar-refractivity contribution in [2.45, 2.75) is 18.3 Å². The maximum Gasteiger partial charge on any atom is 0.441 e. The average Bonchev–Trinajstić information content (AvgIpc) is 2.06. The summed E-state index contributed by atoms with van der Waals surface area (Å²) < 4.78 is 40.3. The molecule has 1 saturated heterocycles. The van der Waals surface area contributed by atoms with Crippen molar-refractivity contribution in [1.29, 1.82) is 0 Å². The molecule has 1 rings (SSSR count). The minimum Gasteiger partial charge on any atom is -0.380 e. The van der Waals surface area contributed by atoms with Gasteiger partial charge in [-0.1, -0.05) is 11.8 Å². The number of ketones is 1. The predicted octanol–water partition coefficient (Wildman–Crippen LogP) is 2.24. The Labute approximate surface area is 84.2 Å². The number of hydrogen-bond acceptors (Lipinski definition) is 3. The summed E-state index contributed by atoms with van der Waals surface area (Å²) in [5.74, 6) is -0.374. The zero-order valence-electron chi connectivity index (χ0n) is 7.47. The Balaban J connectivity index is 2.20. The van der Waals surface area contributed by atoms with E-state index in [4.69, 9.17) is 4.74 Å². The van der Waals surface area contributed by atoms with Crippen molar-refractivity contribution >= 4 is 17.5 Å². The van der Waals surface area contributed by atoms with Crippen molar-refractivity contribution in [3.05, 3.63) is 0 Å². The van der Waals surface area contributed by atoms with E-state index in [0.29, 0.717) is 13.0 Å². The molecule has 82 valence electrons. The highest BCUT2D eigenvalue weighted by atomic mass is 32.2. The van der Waals surface area contributed by atoms with Crippen LogP contribution in [0.3, 0.4) is 0 Å². The Morgan fingerprint density at radius 1 is 1.50 bits per heavy atom. The van der Waals surface area contributed by atoms with Crippen LogP contribution in [0.2, 0.25) is 0 Å². The van der Waals surface area contributed by atoms with E-state index in [1.807, 2.05) is 0 Å². The molecule has 0 amide bonds. The van der Waals surface area contributed by atoms with Crippen LogP contribution < -0.4 is 0 Å². The topological polar surface area (TPSA) is 26.3 Å². The first-order chi connectivity index (χ1) is 6.49. The molecular formula is C8H11F3O2S. The van der Waals surface area contributed by atoms with Crippen LogP contribution in [-0.4, -0.2) is 30.3 Å². The summed E-state index contributed by atoms with van der Waals surface area (Å²) in [5.41, 5.74) is -4.20. The lowest BCUT2D eigenvalue weighted by Gasteiger charge is -2.20. The van der Waals surface area contributed by atoms with E-state index in [2.05, 4.69) is 0 Å². The number of carbonyl (C=O) groups excluding carboxylic acids is 1. The third-order valence-corrected chi connectivity index (χ3v) is 2.77. The van der Waals surface area contributed by atoms with Gasteiger partial charge in [0.05, 0.1) is 13.2 Å². The fourth-order valence-electron chi connectivity index (χ4n) is 1.26. The molecule has 1 aliphatic heterocycles. The summed E-state index contributed by atoms with van der Waals surface area (Å²) in [7, 11) is 0. The van der Waals surface area contributed by atoms with Gasteiger partial charge in [-0.25, -0.2) is 0 Å². The van der Waals surface area contributed by atoms with E-state index in [-0.39, 0.29) is 42.2 Å². The third kappa shape index (κ3) is 4.32. The molecule has 1 unspecified atom stereocenters. The Morgan fingerprint density at radius 3 is 2.79 bits per heavy atom. The van der Waals surface area contributed by atoms with Gasteiger partial charge in [0.2, 0.25) is 0 Å². The minimum absolute atomic E-state index is 0.0269. The lowest BCUT2D eigenvalue weighted by molar-refractivity contribution is -0.130. The van der Waals surface area contributed by atoms with Crippen molar-refractivity contribution < 1.29 is 22.7 Å². The molecule has 1 aliphatic rings. The van der Waals surface area contributed by atoms with Crippen LogP contribution in [0.5, 0.6) is 0 Å². The summed E-state index contributed by atoms with van der Waals surface area (Å²) in [5, 5.41) is 0. The molecule has 1 fully saturated rings. The van der Waals surface area contributed by atoms with Crippen molar-refractivity contribution in [1.82, 2.24) is 0 Å². The number of Topliss-reactive ketones (excluding diaryl/α,β-unsaturated/α-hetero) is 1. The molecule has 0 radical (unpaired) electrons. The largest absolute Gasteiger partial charge is 0.441 e. The molecule has 2 nitrogen and oxygen atoms in total. The van der Waals surface area contributed by atoms with Gasteiger partial charge >= 0.3 is 5.51 Å². The maximum atomic E-state index is 11.8. The summed E-state index contributed by atoms with van der Waals surface area (Å²) in [4.78, 5) is 11.2. The molecular weight excluding hydrogens is 217 g/mol. The first-order valence-electron chi connectivity index (χ1n) is 4.30. The summed E-state index contributed by atoms with van der Waals surface area (Å²) in [6.07, 6.45) is 0.588. The Bertz CT molecular complexity index is 205. The van der Waals surface area contributed by atoms with Gasteiger partial charge in [-0.15, -0.1) is 0 Å². The molecule has 0 aliphatic carbocycles. The maximum absolute atomic E-state index is 11.8. The second-order valence-corrected chi connectivity index (χ2v) is 4.23. The first kappa shape index (κ1) is 11.8. The number of alkyl halides is 3. The van der Waals surface area contributed by atoms with Gasteiger partial charge in [0, 0.05) is 18.1 Å². The minimum atomic E-state index is -4.20. The smallest absolute Gasteiger partial charge is 0.380 e. The van der Waals surface area contributed by atoms with Crippen LogP contribution in [0.4, 0.5) is 13.2 Å². The fourth-order valence-corrected chi connectivity index (χ4v) is 1.89. The monoisotopic (exact) mass is 228 g/mol. The number of rotatable bonds is 3. The van der Waals surface area contributed by atoms with Gasteiger partial charge in [-0.05, 0) is 6.42 Å². The lowest BCUT2D eigenvalue weighted by Crippen LogP contribution is -2.28. The summed E-state index contributed by atoms with van der Waals surface area (Å²) in [6, 6.07) is 0. The van der Waals surface area contributed by atoms with Gasteiger partial charge in [0.15, 0.2) is 0 Å². The van der Waals surface area contributed by atoms with Crippen LogP contribution in [0.1, 0.15) is 12.8 Å². The van der Waals surface area contributed by atoms with E-state index in [1.54, 1.807) is 0 Å². The van der Waals surface area contributed by atoms with Crippen LogP contribution in [0, 0.1) is 5.92 Å². The van der Waals surface area contributed by atoms with Crippen LogP contribution in [0.15, 0.2) is 0 Å². The van der Waals surface area contributed by atoms with Crippen molar-refractivity contribution in [3.8, 4) is 0 Å². The number of ether oxygens (including phenoxy) is 1. The molecule has 0 aromatic carbocycles. The second-order valence-electron chi connectivity index (χ2n) is 3.07. The van der Waals surface area contributed by atoms with Gasteiger partial charge < -0.3 is 4.74 Å². The Morgan fingerprint density at radius 2 is 2.21 bits per heavy atom. The zero-order chi connectivity index (χ0) is 10.6. The SMILES string of the molecule is O=C1CCOCC1CCSC(F)(F)F. The second kappa shape index (κ2) is 5.02. The van der Waals surface area contributed by atoms with E-state index >= 15 is 0 Å². The molecule has 0 aromatic heterocycles. The molecule has 6 heteroatoms. The molecule has 0 spiro atoms. The molecule has 0 bridgehead atoms. The molecule has 0 N–H and O–H groups in total. The van der Waals surface area contributed by atoms with E-state index in [9.17, 15) is 18.0 Å². The van der Waals surface area contributed by atoms with Crippen molar-refractivity contribution in [2.24, 2.45) is 5.92 Å². The summed E-state index contributed by atoms with van der Waals surface area (Å²) in [6.45, 7) is 0.680. The van der Waals surface area contributed by atoms with Crippen LogP contribution in [0.25, 0.3) is 0 Å². The van der Waals surface area contributed by atoms with Crippen LogP contribution in [-0.2, 0) is 9.53 Å². The van der Waals surface area contributed by atoms with Gasteiger partial charge in [0.25, 0.3) is 0 Å². The number of thioether (sulfide) groups is 1. The average molecular weight is 228 g/mol. The highest BCUT2D eigenvalue weighted by molar-refractivity contribution is 8.00. The number of halogens is 3. The van der Waals surface area contributed by atoms with Crippen molar-refractivity contribution in [3.63, 3.8) is 0 Å². The summed E-state index contributed by atoms with van der Waals surface area (Å²) >= 11 is -0.0785. The molecule has 0 saturated carbocycles. The lowest BCUT2D eigenvalue weighted by atomic mass is 9.98. The highest BCUT2D eigenvalue weighted by Gasteiger charge is 2.29. The molecule has 1 heterocycles. The Hall–Kier alpha value is -0.230. The van der Waals surface area contributed by atoms with Gasteiger partial charge in [-0.2, -0.15) is 13.2 Å².